The van der Waals surface area contributed by atoms with Crippen LogP contribution in [0.5, 0.6) is 0 Å². The molecule has 1 aromatic heterocycles. The average Bonchev–Trinajstić information content (AvgIpc) is 3.25. The van der Waals surface area contributed by atoms with Crippen LogP contribution in [0.3, 0.4) is 0 Å². The summed E-state index contributed by atoms with van der Waals surface area (Å²) in [6.45, 7) is 4.93. The third kappa shape index (κ3) is 5.31. The minimum absolute atomic E-state index is 0. The summed E-state index contributed by atoms with van der Waals surface area (Å²) in [7, 11) is 3.52. The van der Waals surface area contributed by atoms with E-state index in [1.807, 2.05) is 13.8 Å². The van der Waals surface area contributed by atoms with Gasteiger partial charge in [0.1, 0.15) is 6.54 Å². The van der Waals surface area contributed by atoms with Gasteiger partial charge >= 0.3 is 0 Å². The second-order valence-corrected chi connectivity index (χ2v) is 8.76. The lowest BCUT2D eigenvalue weighted by atomic mass is 9.95. The van der Waals surface area contributed by atoms with Crippen LogP contribution in [0.2, 0.25) is 0 Å². The lowest BCUT2D eigenvalue weighted by Gasteiger charge is -2.25. The van der Waals surface area contributed by atoms with Crippen LogP contribution in [-0.2, 0) is 11.3 Å². The number of halogens is 1. The molecule has 3 unspecified atom stereocenters. The molecule has 3 rings (SSSR count). The minimum Gasteiger partial charge on any atom is -0.353 e. The Bertz CT molecular complexity index is 660. The van der Waals surface area contributed by atoms with E-state index in [9.17, 15) is 4.79 Å². The van der Waals surface area contributed by atoms with Gasteiger partial charge in [0.15, 0.2) is 5.96 Å². The summed E-state index contributed by atoms with van der Waals surface area (Å²) in [4.78, 5) is 23.7. The molecule has 8 heteroatoms. The van der Waals surface area contributed by atoms with Crippen molar-refractivity contribution in [1.82, 2.24) is 20.5 Å². The molecule has 0 aromatic carbocycles. The highest BCUT2D eigenvalue weighted by Crippen LogP contribution is 2.44. The van der Waals surface area contributed by atoms with E-state index < -0.39 is 0 Å². The highest BCUT2D eigenvalue weighted by molar-refractivity contribution is 14.0. The molecule has 1 heterocycles. The summed E-state index contributed by atoms with van der Waals surface area (Å²) >= 11 is 1.71. The summed E-state index contributed by atoms with van der Waals surface area (Å²) in [6, 6.07) is 0.490. The Balaban J connectivity index is 0.00000243. The summed E-state index contributed by atoms with van der Waals surface area (Å²) in [5.74, 6) is 2.39. The molecular weight excluding hydrogens is 461 g/mol. The van der Waals surface area contributed by atoms with E-state index in [-0.39, 0.29) is 36.4 Å². The fraction of sp³-hybridized carbons (Fsp3) is 0.722. The fourth-order valence-corrected chi connectivity index (χ4v) is 4.82. The van der Waals surface area contributed by atoms with E-state index in [4.69, 9.17) is 0 Å². The van der Waals surface area contributed by atoms with Crippen molar-refractivity contribution in [2.24, 2.45) is 16.8 Å². The molecule has 0 aliphatic heterocycles. The fourth-order valence-electron chi connectivity index (χ4n) is 3.94. The number of rotatable bonds is 5. The number of hydrogen-bond donors (Lipinski definition) is 2. The zero-order valence-corrected chi connectivity index (χ0v) is 19.2. The Morgan fingerprint density at radius 1 is 1.31 bits per heavy atom. The zero-order chi connectivity index (χ0) is 18.0. The molecule has 2 fully saturated rings. The van der Waals surface area contributed by atoms with E-state index in [1.165, 1.54) is 30.6 Å². The second-order valence-electron chi connectivity index (χ2n) is 7.47. The first-order valence-electron chi connectivity index (χ1n) is 9.10. The van der Waals surface area contributed by atoms with Crippen LogP contribution in [0.4, 0.5) is 0 Å². The maximum Gasteiger partial charge on any atom is 0.243 e. The average molecular weight is 491 g/mol. The van der Waals surface area contributed by atoms with Gasteiger partial charge in [-0.25, -0.2) is 9.98 Å². The number of likely N-dealkylation sites (N-methyl/N-ethyl adjacent to an activating group) is 1. The van der Waals surface area contributed by atoms with E-state index in [2.05, 4.69) is 20.6 Å². The van der Waals surface area contributed by atoms with Crippen molar-refractivity contribution in [2.75, 3.05) is 20.6 Å². The summed E-state index contributed by atoms with van der Waals surface area (Å²) < 4.78 is 0. The maximum absolute atomic E-state index is 11.9. The van der Waals surface area contributed by atoms with Gasteiger partial charge in [0.2, 0.25) is 5.91 Å². The Morgan fingerprint density at radius 3 is 2.62 bits per heavy atom. The van der Waals surface area contributed by atoms with Crippen LogP contribution in [0.25, 0.3) is 0 Å². The SMILES string of the molecule is Cc1nc(C)c(CNC(=NCC(=O)N(C)C)NC2CC3CCC2C3)s1.I. The van der Waals surface area contributed by atoms with Crippen molar-refractivity contribution in [3.63, 3.8) is 0 Å². The molecule has 1 aromatic rings. The summed E-state index contributed by atoms with van der Waals surface area (Å²) in [5, 5.41) is 8.08. The number of nitrogens with zero attached hydrogens (tertiary/aromatic N) is 3. The van der Waals surface area contributed by atoms with Crippen molar-refractivity contribution in [1.29, 1.82) is 0 Å². The molecule has 2 aliphatic rings. The molecule has 1 amide bonds. The monoisotopic (exact) mass is 491 g/mol. The predicted molar refractivity (Wildman–Crippen MR) is 117 cm³/mol. The lowest BCUT2D eigenvalue weighted by Crippen LogP contribution is -2.45. The van der Waals surface area contributed by atoms with Crippen molar-refractivity contribution < 1.29 is 4.79 Å². The van der Waals surface area contributed by atoms with Crippen molar-refractivity contribution in [3.05, 3.63) is 15.6 Å². The first-order valence-corrected chi connectivity index (χ1v) is 9.92. The Hall–Kier alpha value is -0.900. The number of aromatic nitrogens is 1. The topological polar surface area (TPSA) is 69.6 Å². The van der Waals surface area contributed by atoms with E-state index in [0.29, 0.717) is 12.6 Å². The van der Waals surface area contributed by atoms with Gasteiger partial charge in [-0.3, -0.25) is 4.79 Å². The molecule has 0 radical (unpaired) electrons. The molecule has 6 nitrogen and oxygen atoms in total. The summed E-state index contributed by atoms with van der Waals surface area (Å²) in [5.41, 5.74) is 1.07. The quantitative estimate of drug-likeness (QED) is 0.378. The van der Waals surface area contributed by atoms with Gasteiger partial charge in [-0.1, -0.05) is 6.42 Å². The number of carbonyl (C=O) groups excluding carboxylic acids is 1. The lowest BCUT2D eigenvalue weighted by molar-refractivity contribution is -0.127. The number of thiazole rings is 1. The third-order valence-corrected chi connectivity index (χ3v) is 6.42. The Kier molecular flexibility index (Phi) is 7.69. The number of fused-ring (bicyclic) bond motifs is 2. The predicted octanol–water partition coefficient (Wildman–Crippen LogP) is 2.69. The Morgan fingerprint density at radius 2 is 2.08 bits per heavy atom. The molecule has 146 valence electrons. The molecular formula is C18H30IN5OS. The minimum atomic E-state index is 0. The molecule has 26 heavy (non-hydrogen) atoms. The van der Waals surface area contributed by atoms with Gasteiger partial charge in [0, 0.05) is 25.0 Å². The van der Waals surface area contributed by atoms with E-state index >= 15 is 0 Å². The molecule has 0 saturated heterocycles. The van der Waals surface area contributed by atoms with Crippen LogP contribution in [0.15, 0.2) is 4.99 Å². The Labute approximate surface area is 177 Å². The normalized spacial score (nSPS) is 24.3. The zero-order valence-electron chi connectivity index (χ0n) is 16.0. The van der Waals surface area contributed by atoms with Crippen molar-refractivity contribution in [2.45, 2.75) is 52.1 Å². The van der Waals surface area contributed by atoms with Crippen LogP contribution < -0.4 is 10.6 Å². The molecule has 2 bridgehead atoms. The number of amides is 1. The number of aliphatic imine (C=N–C) groups is 1. The van der Waals surface area contributed by atoms with Crippen LogP contribution in [0, 0.1) is 25.7 Å². The molecule has 2 aliphatic carbocycles. The standard InChI is InChI=1S/C18H29N5OS.HI/c1-11-16(25-12(2)21-11)9-19-18(20-10-17(24)23(3)4)22-15-8-13-5-6-14(15)7-13;/h13-15H,5-10H2,1-4H3,(H2,19,20,22);1H. The molecule has 0 spiro atoms. The van der Waals surface area contributed by atoms with Crippen molar-refractivity contribution >= 4 is 47.2 Å². The molecule has 2 N–H and O–H groups in total. The first-order chi connectivity index (χ1) is 11.9. The van der Waals surface area contributed by atoms with Gasteiger partial charge < -0.3 is 15.5 Å². The second kappa shape index (κ2) is 9.34. The number of carbonyl (C=O) groups is 1. The number of hydrogen-bond acceptors (Lipinski definition) is 4. The smallest absolute Gasteiger partial charge is 0.243 e. The van der Waals surface area contributed by atoms with E-state index in [1.54, 1.807) is 30.3 Å². The molecule has 3 atom stereocenters. The summed E-state index contributed by atoms with van der Waals surface area (Å²) in [6.07, 6.45) is 5.26. The number of guanidine groups is 1. The van der Waals surface area contributed by atoms with E-state index in [0.717, 1.165) is 28.5 Å². The van der Waals surface area contributed by atoms with Crippen molar-refractivity contribution in [3.8, 4) is 0 Å². The number of aryl methyl sites for hydroxylation is 2. The number of nitrogens with one attached hydrogen (secondary N) is 2. The first kappa shape index (κ1) is 21.4. The highest BCUT2D eigenvalue weighted by atomic mass is 127. The van der Waals surface area contributed by atoms with Crippen LogP contribution >= 0.6 is 35.3 Å². The van der Waals surface area contributed by atoms with Crippen LogP contribution in [0.1, 0.15) is 41.3 Å². The maximum atomic E-state index is 11.9. The largest absolute Gasteiger partial charge is 0.353 e. The van der Waals surface area contributed by atoms with Gasteiger partial charge in [-0.15, -0.1) is 35.3 Å². The molecule has 2 saturated carbocycles. The van der Waals surface area contributed by atoms with Gasteiger partial charge in [0.05, 0.1) is 17.2 Å². The van der Waals surface area contributed by atoms with Gasteiger partial charge in [0.25, 0.3) is 0 Å². The van der Waals surface area contributed by atoms with Gasteiger partial charge in [-0.05, 0) is 44.9 Å². The third-order valence-electron chi connectivity index (χ3n) is 5.35. The highest BCUT2D eigenvalue weighted by Gasteiger charge is 2.39. The van der Waals surface area contributed by atoms with Crippen LogP contribution in [-0.4, -0.2) is 48.4 Å². The van der Waals surface area contributed by atoms with Gasteiger partial charge in [-0.2, -0.15) is 0 Å².